The standard InChI is InChI=1S/C12H17NO2/c1-9-5-6-10(2)11(8-9)4-3-7-13-12(14)15/h5-6,8,13H,3-4,7H2,1-2H3,(H,14,15). The highest BCUT2D eigenvalue weighted by Gasteiger charge is 1.99. The van der Waals surface area contributed by atoms with E-state index in [1.807, 2.05) is 0 Å². The van der Waals surface area contributed by atoms with Crippen LogP contribution in [0.15, 0.2) is 18.2 Å². The van der Waals surface area contributed by atoms with Gasteiger partial charge in [-0.05, 0) is 37.8 Å². The minimum Gasteiger partial charge on any atom is -0.465 e. The van der Waals surface area contributed by atoms with Gasteiger partial charge in [0.05, 0.1) is 0 Å². The minimum absolute atomic E-state index is 0.517. The van der Waals surface area contributed by atoms with E-state index >= 15 is 0 Å². The Bertz CT molecular complexity index is 347. The van der Waals surface area contributed by atoms with Crippen molar-refractivity contribution >= 4 is 6.09 Å². The summed E-state index contributed by atoms with van der Waals surface area (Å²) in [4.78, 5) is 10.2. The predicted octanol–water partition coefficient (Wildman–Crippen LogP) is 2.50. The minimum atomic E-state index is -0.948. The summed E-state index contributed by atoms with van der Waals surface area (Å²) in [5.41, 5.74) is 3.83. The smallest absolute Gasteiger partial charge is 0.404 e. The van der Waals surface area contributed by atoms with Crippen LogP contribution in [-0.4, -0.2) is 17.7 Å². The van der Waals surface area contributed by atoms with Crippen LogP contribution < -0.4 is 5.32 Å². The van der Waals surface area contributed by atoms with Gasteiger partial charge in [0, 0.05) is 6.54 Å². The van der Waals surface area contributed by atoms with E-state index in [2.05, 4.69) is 37.4 Å². The number of nitrogens with one attached hydrogen (secondary N) is 1. The lowest BCUT2D eigenvalue weighted by Crippen LogP contribution is -2.22. The first-order valence-electron chi connectivity index (χ1n) is 5.12. The molecule has 0 aliphatic heterocycles. The van der Waals surface area contributed by atoms with Gasteiger partial charge >= 0.3 is 6.09 Å². The number of hydrogen-bond donors (Lipinski definition) is 2. The van der Waals surface area contributed by atoms with Gasteiger partial charge in [0.15, 0.2) is 0 Å². The fraction of sp³-hybridized carbons (Fsp3) is 0.417. The Morgan fingerprint density at radius 1 is 1.40 bits per heavy atom. The van der Waals surface area contributed by atoms with Gasteiger partial charge in [-0.3, -0.25) is 0 Å². The van der Waals surface area contributed by atoms with E-state index in [4.69, 9.17) is 5.11 Å². The van der Waals surface area contributed by atoms with Gasteiger partial charge in [-0.25, -0.2) is 4.79 Å². The number of rotatable bonds is 4. The second-order valence-corrected chi connectivity index (χ2v) is 3.77. The molecule has 0 atom stereocenters. The van der Waals surface area contributed by atoms with Gasteiger partial charge in [0.25, 0.3) is 0 Å². The topological polar surface area (TPSA) is 49.3 Å². The van der Waals surface area contributed by atoms with Crippen LogP contribution in [0.3, 0.4) is 0 Å². The van der Waals surface area contributed by atoms with Crippen molar-refractivity contribution < 1.29 is 9.90 Å². The van der Waals surface area contributed by atoms with Crippen molar-refractivity contribution in [3.63, 3.8) is 0 Å². The Kier molecular flexibility index (Phi) is 4.16. The summed E-state index contributed by atoms with van der Waals surface area (Å²) in [6.45, 7) is 4.67. The Morgan fingerprint density at radius 2 is 2.13 bits per heavy atom. The maximum Gasteiger partial charge on any atom is 0.404 e. The van der Waals surface area contributed by atoms with Gasteiger partial charge in [-0.15, -0.1) is 0 Å². The van der Waals surface area contributed by atoms with Gasteiger partial charge in [-0.1, -0.05) is 23.8 Å². The van der Waals surface area contributed by atoms with Crippen LogP contribution in [0, 0.1) is 13.8 Å². The number of carbonyl (C=O) groups is 1. The van der Waals surface area contributed by atoms with E-state index in [0.29, 0.717) is 6.54 Å². The molecule has 3 heteroatoms. The van der Waals surface area contributed by atoms with Crippen LogP contribution in [-0.2, 0) is 6.42 Å². The zero-order valence-corrected chi connectivity index (χ0v) is 9.21. The maximum absolute atomic E-state index is 10.2. The quantitative estimate of drug-likeness (QED) is 0.745. The molecule has 0 aliphatic carbocycles. The number of aryl methyl sites for hydroxylation is 3. The van der Waals surface area contributed by atoms with Crippen molar-refractivity contribution in [3.8, 4) is 0 Å². The SMILES string of the molecule is Cc1ccc(C)c(CCCNC(=O)O)c1. The predicted molar refractivity (Wildman–Crippen MR) is 60.3 cm³/mol. The van der Waals surface area contributed by atoms with Gasteiger partial charge in [0.2, 0.25) is 0 Å². The Morgan fingerprint density at radius 3 is 2.80 bits per heavy atom. The van der Waals surface area contributed by atoms with Crippen LogP contribution in [0.2, 0.25) is 0 Å². The first kappa shape index (κ1) is 11.6. The number of amides is 1. The highest BCUT2D eigenvalue weighted by molar-refractivity contribution is 5.64. The van der Waals surface area contributed by atoms with E-state index in [1.54, 1.807) is 0 Å². The van der Waals surface area contributed by atoms with Gasteiger partial charge in [0.1, 0.15) is 0 Å². The molecule has 0 aliphatic rings. The molecule has 1 aromatic rings. The van der Waals surface area contributed by atoms with E-state index < -0.39 is 6.09 Å². The molecular formula is C12H17NO2. The fourth-order valence-corrected chi connectivity index (χ4v) is 1.54. The molecule has 0 unspecified atom stereocenters. The molecule has 0 spiro atoms. The van der Waals surface area contributed by atoms with Crippen molar-refractivity contribution in [1.82, 2.24) is 5.32 Å². The highest BCUT2D eigenvalue weighted by atomic mass is 16.4. The molecule has 2 N–H and O–H groups in total. The second-order valence-electron chi connectivity index (χ2n) is 3.77. The molecule has 1 rings (SSSR count). The summed E-state index contributed by atoms with van der Waals surface area (Å²) in [5.74, 6) is 0. The average molecular weight is 207 g/mol. The Balaban J connectivity index is 2.43. The highest BCUT2D eigenvalue weighted by Crippen LogP contribution is 2.12. The normalized spacial score (nSPS) is 10.0. The van der Waals surface area contributed by atoms with Gasteiger partial charge < -0.3 is 10.4 Å². The van der Waals surface area contributed by atoms with Gasteiger partial charge in [-0.2, -0.15) is 0 Å². The summed E-state index contributed by atoms with van der Waals surface area (Å²) in [6, 6.07) is 6.36. The van der Waals surface area contributed by atoms with E-state index in [1.165, 1.54) is 16.7 Å². The van der Waals surface area contributed by atoms with E-state index in [0.717, 1.165) is 12.8 Å². The average Bonchev–Trinajstić information content (AvgIpc) is 2.17. The van der Waals surface area contributed by atoms with Crippen molar-refractivity contribution in [3.05, 3.63) is 34.9 Å². The monoisotopic (exact) mass is 207 g/mol. The molecule has 0 radical (unpaired) electrons. The zero-order valence-electron chi connectivity index (χ0n) is 9.21. The number of hydrogen-bond acceptors (Lipinski definition) is 1. The molecule has 1 aromatic carbocycles. The van der Waals surface area contributed by atoms with Crippen LogP contribution in [0.5, 0.6) is 0 Å². The summed E-state index contributed by atoms with van der Waals surface area (Å²) in [7, 11) is 0. The van der Waals surface area contributed by atoms with Crippen LogP contribution in [0.25, 0.3) is 0 Å². The zero-order chi connectivity index (χ0) is 11.3. The third-order valence-electron chi connectivity index (χ3n) is 2.40. The summed E-state index contributed by atoms with van der Waals surface area (Å²) in [5, 5.41) is 10.8. The summed E-state index contributed by atoms with van der Waals surface area (Å²) < 4.78 is 0. The maximum atomic E-state index is 10.2. The van der Waals surface area contributed by atoms with Crippen molar-refractivity contribution in [1.29, 1.82) is 0 Å². The van der Waals surface area contributed by atoms with E-state index in [9.17, 15) is 4.79 Å². The third-order valence-corrected chi connectivity index (χ3v) is 2.40. The molecule has 0 heterocycles. The van der Waals surface area contributed by atoms with Crippen LogP contribution in [0.1, 0.15) is 23.1 Å². The van der Waals surface area contributed by atoms with Crippen LogP contribution in [0.4, 0.5) is 4.79 Å². The number of carboxylic acid groups (broad SMARTS) is 1. The van der Waals surface area contributed by atoms with Crippen LogP contribution >= 0.6 is 0 Å². The molecule has 0 bridgehead atoms. The third kappa shape index (κ3) is 4.02. The lowest BCUT2D eigenvalue weighted by molar-refractivity contribution is 0.194. The molecule has 0 saturated heterocycles. The van der Waals surface area contributed by atoms with Crippen molar-refractivity contribution in [2.24, 2.45) is 0 Å². The molecule has 0 saturated carbocycles. The Labute approximate surface area is 90.1 Å². The molecule has 0 fully saturated rings. The van der Waals surface area contributed by atoms with Crippen molar-refractivity contribution in [2.75, 3.05) is 6.54 Å². The molecule has 3 nitrogen and oxygen atoms in total. The summed E-state index contributed by atoms with van der Waals surface area (Å²) in [6.07, 6.45) is 0.820. The molecule has 0 aromatic heterocycles. The largest absolute Gasteiger partial charge is 0.465 e. The van der Waals surface area contributed by atoms with E-state index in [-0.39, 0.29) is 0 Å². The first-order valence-corrected chi connectivity index (χ1v) is 5.12. The Hall–Kier alpha value is -1.51. The second kappa shape index (κ2) is 5.39. The molecular weight excluding hydrogens is 190 g/mol. The lowest BCUT2D eigenvalue weighted by Gasteiger charge is -2.06. The molecule has 1 amide bonds. The fourth-order valence-electron chi connectivity index (χ4n) is 1.54. The summed E-state index contributed by atoms with van der Waals surface area (Å²) >= 11 is 0. The number of benzene rings is 1. The first-order chi connectivity index (χ1) is 7.09. The lowest BCUT2D eigenvalue weighted by atomic mass is 10.0. The van der Waals surface area contributed by atoms with Crippen molar-refractivity contribution in [2.45, 2.75) is 26.7 Å². The molecule has 15 heavy (non-hydrogen) atoms. The molecule has 82 valence electrons.